The molecule has 1 aromatic rings. The van der Waals surface area contributed by atoms with Crippen molar-refractivity contribution in [3.8, 4) is 11.8 Å². The summed E-state index contributed by atoms with van der Waals surface area (Å²) >= 11 is 0. The summed E-state index contributed by atoms with van der Waals surface area (Å²) in [6.07, 6.45) is -0.284. The van der Waals surface area contributed by atoms with Gasteiger partial charge < -0.3 is 15.7 Å². The summed E-state index contributed by atoms with van der Waals surface area (Å²) < 4.78 is 0. The summed E-state index contributed by atoms with van der Waals surface area (Å²) in [7, 11) is 0. The Morgan fingerprint density at radius 2 is 1.88 bits per heavy atom. The van der Waals surface area contributed by atoms with Crippen molar-refractivity contribution in [3.63, 3.8) is 0 Å². The van der Waals surface area contributed by atoms with Crippen LogP contribution < -0.4 is 10.6 Å². The van der Waals surface area contributed by atoms with E-state index in [4.69, 9.17) is 5.11 Å². The van der Waals surface area contributed by atoms with E-state index in [-0.39, 0.29) is 6.10 Å². The van der Waals surface area contributed by atoms with Crippen molar-refractivity contribution in [1.82, 2.24) is 10.6 Å². The molecule has 1 atom stereocenters. The van der Waals surface area contributed by atoms with Crippen LogP contribution in [0.2, 0.25) is 0 Å². The maximum absolute atomic E-state index is 9.01. The molecule has 0 aliphatic rings. The van der Waals surface area contributed by atoms with Gasteiger partial charge in [-0.3, -0.25) is 0 Å². The van der Waals surface area contributed by atoms with Crippen molar-refractivity contribution < 1.29 is 5.11 Å². The molecule has 3 N–H and O–H groups in total. The summed E-state index contributed by atoms with van der Waals surface area (Å²) in [5.41, 5.74) is 1.04. The van der Waals surface area contributed by atoms with Gasteiger partial charge in [-0.1, -0.05) is 30.0 Å². The van der Waals surface area contributed by atoms with E-state index in [1.807, 2.05) is 30.3 Å². The molecule has 0 saturated heterocycles. The molecule has 1 rings (SSSR count). The predicted octanol–water partition coefficient (Wildman–Crippen LogP) is 0.598. The van der Waals surface area contributed by atoms with E-state index < -0.39 is 0 Å². The smallest absolute Gasteiger partial charge is 0.0636 e. The lowest BCUT2D eigenvalue weighted by molar-refractivity contribution is 0.191. The molecule has 1 unspecified atom stereocenters. The maximum atomic E-state index is 9.01. The average Bonchev–Trinajstić information content (AvgIpc) is 2.33. The van der Waals surface area contributed by atoms with Crippen LogP contribution in [0.15, 0.2) is 30.3 Å². The van der Waals surface area contributed by atoms with Gasteiger partial charge in [0.1, 0.15) is 0 Å². The van der Waals surface area contributed by atoms with E-state index in [0.717, 1.165) is 18.7 Å². The third-order valence-corrected chi connectivity index (χ3v) is 2.14. The Hall–Kier alpha value is -1.34. The molecule has 0 radical (unpaired) electrons. The second-order valence-electron chi connectivity index (χ2n) is 3.90. The Kier molecular flexibility index (Phi) is 7.08. The summed E-state index contributed by atoms with van der Waals surface area (Å²) in [5.74, 6) is 6.14. The average molecular weight is 232 g/mol. The SMILES string of the molecule is CC(O)CNCCNCC#Cc1ccccc1. The molecule has 3 heteroatoms. The van der Waals surface area contributed by atoms with Gasteiger partial charge in [-0.05, 0) is 19.1 Å². The molecule has 92 valence electrons. The highest BCUT2D eigenvalue weighted by Crippen LogP contribution is 1.93. The maximum Gasteiger partial charge on any atom is 0.0636 e. The van der Waals surface area contributed by atoms with Crippen LogP contribution in [0.3, 0.4) is 0 Å². The highest BCUT2D eigenvalue weighted by Gasteiger charge is 1.92. The molecular formula is C14H20N2O. The van der Waals surface area contributed by atoms with Crippen molar-refractivity contribution in [3.05, 3.63) is 35.9 Å². The van der Waals surface area contributed by atoms with E-state index >= 15 is 0 Å². The number of aliphatic hydroxyl groups is 1. The van der Waals surface area contributed by atoms with E-state index in [1.54, 1.807) is 6.92 Å². The van der Waals surface area contributed by atoms with Crippen LogP contribution in [-0.4, -0.2) is 37.4 Å². The zero-order valence-corrected chi connectivity index (χ0v) is 10.2. The van der Waals surface area contributed by atoms with Crippen LogP contribution in [0.1, 0.15) is 12.5 Å². The van der Waals surface area contributed by atoms with Crippen molar-refractivity contribution >= 4 is 0 Å². The standard InChI is InChI=1S/C14H20N2O/c1-13(17)12-16-11-10-15-9-5-8-14-6-3-2-4-7-14/h2-4,6-7,13,15-17H,9-12H2,1H3. The van der Waals surface area contributed by atoms with Gasteiger partial charge in [0.05, 0.1) is 12.6 Å². The normalized spacial score (nSPS) is 11.6. The molecule has 0 spiro atoms. The molecular weight excluding hydrogens is 212 g/mol. The number of nitrogens with one attached hydrogen (secondary N) is 2. The van der Waals surface area contributed by atoms with Gasteiger partial charge in [-0.2, -0.15) is 0 Å². The molecule has 0 aliphatic heterocycles. The highest BCUT2D eigenvalue weighted by atomic mass is 16.3. The Bertz CT molecular complexity index is 351. The zero-order chi connectivity index (χ0) is 12.3. The van der Waals surface area contributed by atoms with Crippen molar-refractivity contribution in [2.45, 2.75) is 13.0 Å². The predicted molar refractivity (Wildman–Crippen MR) is 70.7 cm³/mol. The molecule has 0 aromatic heterocycles. The van der Waals surface area contributed by atoms with Crippen LogP contribution in [-0.2, 0) is 0 Å². The monoisotopic (exact) mass is 232 g/mol. The van der Waals surface area contributed by atoms with Gasteiger partial charge in [0.15, 0.2) is 0 Å². The third kappa shape index (κ3) is 7.53. The Labute approximate surface area is 103 Å². The van der Waals surface area contributed by atoms with E-state index in [1.165, 1.54) is 0 Å². The van der Waals surface area contributed by atoms with Gasteiger partial charge >= 0.3 is 0 Å². The van der Waals surface area contributed by atoms with Crippen LogP contribution in [0.5, 0.6) is 0 Å². The van der Waals surface area contributed by atoms with E-state index in [0.29, 0.717) is 13.1 Å². The minimum Gasteiger partial charge on any atom is -0.392 e. The largest absolute Gasteiger partial charge is 0.392 e. The number of hydrogen-bond acceptors (Lipinski definition) is 3. The minimum absolute atomic E-state index is 0.284. The first-order valence-corrected chi connectivity index (χ1v) is 5.92. The van der Waals surface area contributed by atoms with E-state index in [2.05, 4.69) is 22.5 Å². The summed E-state index contributed by atoms with van der Waals surface area (Å²) in [4.78, 5) is 0. The summed E-state index contributed by atoms with van der Waals surface area (Å²) in [6.45, 7) is 4.79. The molecule has 0 heterocycles. The van der Waals surface area contributed by atoms with Gasteiger partial charge in [-0.25, -0.2) is 0 Å². The third-order valence-electron chi connectivity index (χ3n) is 2.14. The summed E-state index contributed by atoms with van der Waals surface area (Å²) in [6, 6.07) is 9.94. The van der Waals surface area contributed by atoms with Crippen molar-refractivity contribution in [1.29, 1.82) is 0 Å². The molecule has 17 heavy (non-hydrogen) atoms. The molecule has 0 fully saturated rings. The topological polar surface area (TPSA) is 44.3 Å². The van der Waals surface area contributed by atoms with Gasteiger partial charge in [-0.15, -0.1) is 0 Å². The van der Waals surface area contributed by atoms with Crippen molar-refractivity contribution in [2.75, 3.05) is 26.2 Å². The van der Waals surface area contributed by atoms with E-state index in [9.17, 15) is 0 Å². The highest BCUT2D eigenvalue weighted by molar-refractivity contribution is 5.33. The zero-order valence-electron chi connectivity index (χ0n) is 10.2. The lowest BCUT2D eigenvalue weighted by Gasteiger charge is -2.06. The molecule has 0 aliphatic carbocycles. The first-order valence-electron chi connectivity index (χ1n) is 5.92. The second-order valence-corrected chi connectivity index (χ2v) is 3.90. The molecule has 1 aromatic carbocycles. The van der Waals surface area contributed by atoms with Crippen LogP contribution in [0.25, 0.3) is 0 Å². The molecule has 0 saturated carbocycles. The fourth-order valence-corrected chi connectivity index (χ4v) is 1.31. The Balaban J connectivity index is 2.03. The summed E-state index contributed by atoms with van der Waals surface area (Å²) in [5, 5.41) is 15.4. The first kappa shape index (κ1) is 13.7. The number of benzene rings is 1. The van der Waals surface area contributed by atoms with Crippen LogP contribution >= 0.6 is 0 Å². The molecule has 0 bridgehead atoms. The van der Waals surface area contributed by atoms with Gasteiger partial charge in [0.2, 0.25) is 0 Å². The van der Waals surface area contributed by atoms with Crippen molar-refractivity contribution in [2.24, 2.45) is 0 Å². The Morgan fingerprint density at radius 1 is 1.18 bits per heavy atom. The molecule has 3 nitrogen and oxygen atoms in total. The van der Waals surface area contributed by atoms with Crippen LogP contribution in [0, 0.1) is 11.8 Å². The molecule has 0 amide bonds. The quantitative estimate of drug-likeness (QED) is 0.497. The van der Waals surface area contributed by atoms with Gasteiger partial charge in [0.25, 0.3) is 0 Å². The minimum atomic E-state index is -0.284. The fourth-order valence-electron chi connectivity index (χ4n) is 1.31. The number of rotatable bonds is 6. The lowest BCUT2D eigenvalue weighted by Crippen LogP contribution is -2.31. The second kappa shape index (κ2) is 8.77. The van der Waals surface area contributed by atoms with Crippen LogP contribution in [0.4, 0.5) is 0 Å². The van der Waals surface area contributed by atoms with Gasteiger partial charge in [0, 0.05) is 25.2 Å². The Morgan fingerprint density at radius 3 is 2.59 bits per heavy atom. The lowest BCUT2D eigenvalue weighted by atomic mass is 10.2. The first-order chi connectivity index (χ1) is 8.29. The number of aliphatic hydroxyl groups excluding tert-OH is 1. The fraction of sp³-hybridized carbons (Fsp3) is 0.429. The number of hydrogen-bond donors (Lipinski definition) is 3.